The molecule has 0 unspecified atom stereocenters. The molecule has 2 aromatic rings. The number of carbonyl (C=O) groups excluding carboxylic acids is 2. The van der Waals surface area contributed by atoms with E-state index in [1.165, 1.54) is 7.11 Å². The molecule has 5 heteroatoms. The molecule has 24 heavy (non-hydrogen) atoms. The van der Waals surface area contributed by atoms with Crippen LogP contribution in [-0.2, 0) is 9.53 Å². The van der Waals surface area contributed by atoms with Crippen LogP contribution in [0.3, 0.4) is 0 Å². The Morgan fingerprint density at radius 3 is 2.04 bits per heavy atom. The van der Waals surface area contributed by atoms with E-state index in [0.717, 1.165) is 5.56 Å². The molecule has 0 aliphatic carbocycles. The summed E-state index contributed by atoms with van der Waals surface area (Å²) in [6.45, 7) is 1.75. The predicted octanol–water partition coefficient (Wildman–Crippen LogP) is 3.03. The first-order valence-electron chi connectivity index (χ1n) is 7.37. The van der Waals surface area contributed by atoms with Crippen molar-refractivity contribution >= 4 is 17.4 Å². The lowest BCUT2D eigenvalue weighted by molar-refractivity contribution is -0.136. The van der Waals surface area contributed by atoms with Gasteiger partial charge in [0.05, 0.1) is 14.2 Å². The van der Waals surface area contributed by atoms with Crippen LogP contribution in [0.25, 0.3) is 5.57 Å². The molecule has 0 atom stereocenters. The summed E-state index contributed by atoms with van der Waals surface area (Å²) in [6.07, 6.45) is 0. The van der Waals surface area contributed by atoms with Crippen molar-refractivity contribution < 1.29 is 19.1 Å². The highest BCUT2D eigenvalue weighted by Crippen LogP contribution is 2.21. The Labute approximate surface area is 140 Å². The van der Waals surface area contributed by atoms with Gasteiger partial charge in [0.1, 0.15) is 11.4 Å². The first-order valence-corrected chi connectivity index (χ1v) is 7.37. The average Bonchev–Trinajstić information content (AvgIpc) is 2.65. The van der Waals surface area contributed by atoms with Gasteiger partial charge >= 0.3 is 5.97 Å². The van der Waals surface area contributed by atoms with E-state index >= 15 is 0 Å². The molecule has 0 aliphatic rings. The first kappa shape index (κ1) is 17.3. The van der Waals surface area contributed by atoms with Crippen molar-refractivity contribution in [2.45, 2.75) is 6.92 Å². The number of amides is 1. The second-order valence-corrected chi connectivity index (χ2v) is 5.04. The Hall–Kier alpha value is -3.08. The van der Waals surface area contributed by atoms with Gasteiger partial charge in [0.15, 0.2) is 0 Å². The molecule has 0 aliphatic heterocycles. The molecule has 1 N–H and O–H groups in total. The van der Waals surface area contributed by atoms with E-state index in [-0.39, 0.29) is 11.6 Å². The molecular formula is C19H19NO4. The normalized spacial score (nSPS) is 11.3. The fraction of sp³-hybridized carbons (Fsp3) is 0.158. The van der Waals surface area contributed by atoms with Gasteiger partial charge < -0.3 is 14.8 Å². The summed E-state index contributed by atoms with van der Waals surface area (Å²) < 4.78 is 9.92. The van der Waals surface area contributed by atoms with E-state index in [1.807, 2.05) is 18.2 Å². The van der Waals surface area contributed by atoms with E-state index in [0.29, 0.717) is 16.9 Å². The molecule has 5 nitrogen and oxygen atoms in total. The molecule has 0 fully saturated rings. The summed E-state index contributed by atoms with van der Waals surface area (Å²) in [4.78, 5) is 24.4. The predicted molar refractivity (Wildman–Crippen MR) is 91.5 cm³/mol. The lowest BCUT2D eigenvalue weighted by Gasteiger charge is -2.13. The van der Waals surface area contributed by atoms with Gasteiger partial charge in [0.2, 0.25) is 0 Å². The topological polar surface area (TPSA) is 64.6 Å². The van der Waals surface area contributed by atoms with E-state index in [9.17, 15) is 9.59 Å². The van der Waals surface area contributed by atoms with E-state index in [4.69, 9.17) is 9.47 Å². The maximum atomic E-state index is 12.3. The maximum Gasteiger partial charge on any atom is 0.354 e. The largest absolute Gasteiger partial charge is 0.497 e. The highest BCUT2D eigenvalue weighted by molar-refractivity contribution is 6.05. The van der Waals surface area contributed by atoms with Gasteiger partial charge in [0, 0.05) is 5.56 Å². The van der Waals surface area contributed by atoms with Crippen LogP contribution in [0, 0.1) is 0 Å². The highest BCUT2D eigenvalue weighted by Gasteiger charge is 2.18. The lowest BCUT2D eigenvalue weighted by Crippen LogP contribution is -2.29. The number of allylic oxidation sites excluding steroid dienone is 1. The van der Waals surface area contributed by atoms with Crippen LogP contribution in [0.1, 0.15) is 22.8 Å². The van der Waals surface area contributed by atoms with Gasteiger partial charge in [0.25, 0.3) is 5.91 Å². The van der Waals surface area contributed by atoms with Gasteiger partial charge in [-0.3, -0.25) is 4.79 Å². The Balaban J connectivity index is 2.35. The summed E-state index contributed by atoms with van der Waals surface area (Å²) in [5, 5.41) is 2.65. The number of hydrogen-bond donors (Lipinski definition) is 1. The minimum Gasteiger partial charge on any atom is -0.497 e. The van der Waals surface area contributed by atoms with Crippen LogP contribution in [0.2, 0.25) is 0 Å². The molecular weight excluding hydrogens is 306 g/mol. The monoisotopic (exact) mass is 325 g/mol. The fourth-order valence-corrected chi connectivity index (χ4v) is 2.16. The van der Waals surface area contributed by atoms with Gasteiger partial charge in [-0.05, 0) is 42.3 Å². The summed E-state index contributed by atoms with van der Waals surface area (Å²) >= 11 is 0. The standard InChI is InChI=1S/C19H19NO4/c1-13(14-9-11-16(23-2)12-10-14)17(19(22)24-3)20-18(21)15-7-5-4-6-8-15/h4-12H,1-3H3,(H,20,21)/b17-13+. The Morgan fingerprint density at radius 1 is 0.875 bits per heavy atom. The Bertz CT molecular complexity index is 749. The second-order valence-electron chi connectivity index (χ2n) is 5.04. The zero-order chi connectivity index (χ0) is 17.5. The average molecular weight is 325 g/mol. The molecule has 0 saturated heterocycles. The number of nitrogens with one attached hydrogen (secondary N) is 1. The SMILES string of the molecule is COC(=O)/C(NC(=O)c1ccccc1)=C(/C)c1ccc(OC)cc1. The molecule has 0 radical (unpaired) electrons. The number of benzene rings is 2. The van der Waals surface area contributed by atoms with Gasteiger partial charge in [-0.15, -0.1) is 0 Å². The lowest BCUT2D eigenvalue weighted by atomic mass is 10.0. The zero-order valence-corrected chi connectivity index (χ0v) is 13.8. The van der Waals surface area contributed by atoms with Crippen molar-refractivity contribution in [1.82, 2.24) is 5.32 Å². The number of ether oxygens (including phenoxy) is 2. The summed E-state index contributed by atoms with van der Waals surface area (Å²) in [5.41, 5.74) is 1.95. The van der Waals surface area contributed by atoms with Crippen molar-refractivity contribution in [1.29, 1.82) is 0 Å². The minimum absolute atomic E-state index is 0.108. The summed E-state index contributed by atoms with van der Waals surface area (Å²) in [6, 6.07) is 15.9. The van der Waals surface area contributed by atoms with Crippen molar-refractivity contribution in [2.75, 3.05) is 14.2 Å². The molecule has 0 aromatic heterocycles. The molecule has 1 amide bonds. The van der Waals surface area contributed by atoms with Crippen LogP contribution < -0.4 is 10.1 Å². The third-order valence-corrected chi connectivity index (χ3v) is 3.56. The molecule has 0 bridgehead atoms. The van der Waals surface area contributed by atoms with E-state index in [2.05, 4.69) is 5.32 Å². The van der Waals surface area contributed by atoms with Crippen molar-refractivity contribution in [3.8, 4) is 5.75 Å². The number of hydrogen-bond acceptors (Lipinski definition) is 4. The zero-order valence-electron chi connectivity index (χ0n) is 13.8. The molecule has 124 valence electrons. The van der Waals surface area contributed by atoms with Crippen LogP contribution in [-0.4, -0.2) is 26.1 Å². The minimum atomic E-state index is -0.604. The Kier molecular flexibility index (Phi) is 5.73. The first-order chi connectivity index (χ1) is 11.6. The van der Waals surface area contributed by atoms with E-state index in [1.54, 1.807) is 50.4 Å². The summed E-state index contributed by atoms with van der Waals surface area (Å²) in [7, 11) is 2.86. The maximum absolute atomic E-state index is 12.3. The highest BCUT2D eigenvalue weighted by atomic mass is 16.5. The molecule has 0 heterocycles. The van der Waals surface area contributed by atoms with E-state index < -0.39 is 5.97 Å². The van der Waals surface area contributed by atoms with Gasteiger partial charge in [-0.2, -0.15) is 0 Å². The smallest absolute Gasteiger partial charge is 0.354 e. The third-order valence-electron chi connectivity index (χ3n) is 3.56. The van der Waals surface area contributed by atoms with Crippen molar-refractivity contribution in [2.24, 2.45) is 0 Å². The number of esters is 1. The quantitative estimate of drug-likeness (QED) is 0.678. The third kappa shape index (κ3) is 4.01. The Morgan fingerprint density at radius 2 is 1.50 bits per heavy atom. The molecule has 2 rings (SSSR count). The number of rotatable bonds is 5. The number of carbonyl (C=O) groups is 2. The van der Waals surface area contributed by atoms with Crippen molar-refractivity contribution in [3.05, 3.63) is 71.4 Å². The number of methoxy groups -OCH3 is 2. The molecule has 0 spiro atoms. The van der Waals surface area contributed by atoms with Gasteiger partial charge in [-0.1, -0.05) is 30.3 Å². The van der Waals surface area contributed by atoms with Gasteiger partial charge in [-0.25, -0.2) is 4.79 Å². The van der Waals surface area contributed by atoms with Crippen LogP contribution in [0.5, 0.6) is 5.75 Å². The molecule has 0 saturated carbocycles. The van der Waals surface area contributed by atoms with Crippen LogP contribution in [0.4, 0.5) is 0 Å². The fourth-order valence-electron chi connectivity index (χ4n) is 2.16. The van der Waals surface area contributed by atoms with Crippen LogP contribution >= 0.6 is 0 Å². The van der Waals surface area contributed by atoms with Crippen LogP contribution in [0.15, 0.2) is 60.3 Å². The molecule has 2 aromatic carbocycles. The summed E-state index contributed by atoms with van der Waals surface area (Å²) in [5.74, 6) is -0.268. The van der Waals surface area contributed by atoms with Crippen molar-refractivity contribution in [3.63, 3.8) is 0 Å². The second kappa shape index (κ2) is 7.97.